The maximum atomic E-state index is 12.8. The van der Waals surface area contributed by atoms with Crippen molar-refractivity contribution in [1.82, 2.24) is 29.4 Å². The Morgan fingerprint density at radius 2 is 1.65 bits per heavy atom. The number of nitrogens with zero attached hydrogens (tertiary/aromatic N) is 7. The van der Waals surface area contributed by atoms with Crippen molar-refractivity contribution >= 4 is 11.6 Å². The Morgan fingerprint density at radius 3 is 2.26 bits per heavy atom. The van der Waals surface area contributed by atoms with Crippen LogP contribution >= 0.6 is 0 Å². The van der Waals surface area contributed by atoms with Gasteiger partial charge in [0.25, 0.3) is 0 Å². The topological polar surface area (TPSA) is 102 Å². The summed E-state index contributed by atoms with van der Waals surface area (Å²) in [6.07, 6.45) is 0.279. The highest BCUT2D eigenvalue weighted by molar-refractivity contribution is 5.76. The van der Waals surface area contributed by atoms with Gasteiger partial charge in [0, 0.05) is 50.4 Å². The van der Waals surface area contributed by atoms with Gasteiger partial charge in [0.2, 0.25) is 5.91 Å². The predicted octanol–water partition coefficient (Wildman–Crippen LogP) is 2.95. The molecule has 3 aromatic rings. The Hall–Kier alpha value is -3.53. The molecule has 2 aromatic heterocycles. The van der Waals surface area contributed by atoms with Crippen LogP contribution in [0.3, 0.4) is 0 Å². The molecule has 1 saturated heterocycles. The normalized spacial score (nSPS) is 14.5. The van der Waals surface area contributed by atoms with Gasteiger partial charge in [-0.25, -0.2) is 4.68 Å². The lowest BCUT2D eigenvalue weighted by Crippen LogP contribution is -2.48. The van der Waals surface area contributed by atoms with Gasteiger partial charge in [-0.15, -0.1) is 0 Å². The van der Waals surface area contributed by atoms with E-state index >= 15 is 0 Å². The summed E-state index contributed by atoms with van der Waals surface area (Å²) >= 11 is 0. The van der Waals surface area contributed by atoms with E-state index in [9.17, 15) is 14.9 Å². The zero-order chi connectivity index (χ0) is 24.4. The molecular weight excluding hydrogens is 434 g/mol. The molecule has 1 aliphatic heterocycles. The van der Waals surface area contributed by atoms with Crippen molar-refractivity contribution < 1.29 is 9.72 Å². The van der Waals surface area contributed by atoms with Gasteiger partial charge in [-0.2, -0.15) is 10.2 Å². The summed E-state index contributed by atoms with van der Waals surface area (Å²) in [7, 11) is 0. The number of rotatable bonds is 7. The second-order valence-corrected chi connectivity index (χ2v) is 8.80. The minimum atomic E-state index is -0.414. The molecule has 0 saturated carbocycles. The van der Waals surface area contributed by atoms with E-state index in [1.54, 1.807) is 18.5 Å². The Kier molecular flexibility index (Phi) is 6.78. The van der Waals surface area contributed by atoms with Gasteiger partial charge in [0.1, 0.15) is 11.4 Å². The number of piperazine rings is 1. The molecule has 1 aliphatic rings. The number of benzene rings is 1. The van der Waals surface area contributed by atoms with E-state index < -0.39 is 4.92 Å². The standard InChI is InChI=1S/C24H31N7O3/c1-17-22(19(3)30(26-17)21-8-6-5-7-9-21)16-27-12-14-28(15-13-27)23(32)10-11-29-20(4)24(31(33)34)18(2)25-29/h5-9H,10-16H2,1-4H3. The zero-order valence-corrected chi connectivity index (χ0v) is 20.2. The quantitative estimate of drug-likeness (QED) is 0.393. The molecule has 0 spiro atoms. The third kappa shape index (κ3) is 4.72. The maximum absolute atomic E-state index is 12.8. The Labute approximate surface area is 198 Å². The lowest BCUT2D eigenvalue weighted by Gasteiger charge is -2.35. The van der Waals surface area contributed by atoms with Crippen molar-refractivity contribution in [2.24, 2.45) is 0 Å². The largest absolute Gasteiger partial charge is 0.340 e. The smallest absolute Gasteiger partial charge is 0.312 e. The number of aromatic nitrogens is 4. The van der Waals surface area contributed by atoms with Gasteiger partial charge in [-0.3, -0.25) is 24.5 Å². The minimum absolute atomic E-state index is 0.0298. The van der Waals surface area contributed by atoms with E-state index in [1.807, 2.05) is 34.7 Å². The number of carbonyl (C=O) groups is 1. The highest BCUT2D eigenvalue weighted by Gasteiger charge is 2.25. The SMILES string of the molecule is Cc1nn(-c2ccccc2)c(C)c1CN1CCN(C(=O)CCn2nc(C)c([N+](=O)[O-])c2C)CC1. The first-order chi connectivity index (χ1) is 16.3. The van der Waals surface area contributed by atoms with Crippen LogP contribution in [0.15, 0.2) is 30.3 Å². The first-order valence-electron chi connectivity index (χ1n) is 11.5. The molecule has 0 N–H and O–H groups in total. The maximum Gasteiger partial charge on any atom is 0.312 e. The average Bonchev–Trinajstić information content (AvgIpc) is 3.27. The number of nitro groups is 1. The van der Waals surface area contributed by atoms with Crippen molar-refractivity contribution in [3.8, 4) is 5.69 Å². The molecule has 34 heavy (non-hydrogen) atoms. The number of amides is 1. The summed E-state index contributed by atoms with van der Waals surface area (Å²) in [4.78, 5) is 27.8. The molecule has 10 nitrogen and oxygen atoms in total. The Bertz CT molecular complexity index is 1190. The van der Waals surface area contributed by atoms with Crippen molar-refractivity contribution in [1.29, 1.82) is 0 Å². The van der Waals surface area contributed by atoms with Crippen LogP contribution in [0.4, 0.5) is 5.69 Å². The lowest BCUT2D eigenvalue weighted by molar-refractivity contribution is -0.386. The third-order valence-electron chi connectivity index (χ3n) is 6.61. The first-order valence-corrected chi connectivity index (χ1v) is 11.5. The molecule has 10 heteroatoms. The summed E-state index contributed by atoms with van der Waals surface area (Å²) < 4.78 is 3.56. The molecule has 0 atom stereocenters. The molecule has 0 radical (unpaired) electrons. The molecule has 0 bridgehead atoms. The van der Waals surface area contributed by atoms with E-state index in [0.717, 1.165) is 36.7 Å². The van der Waals surface area contributed by atoms with Crippen LogP contribution in [0.5, 0.6) is 0 Å². The van der Waals surface area contributed by atoms with Crippen LogP contribution in [0.2, 0.25) is 0 Å². The van der Waals surface area contributed by atoms with Crippen LogP contribution in [-0.2, 0) is 17.9 Å². The predicted molar refractivity (Wildman–Crippen MR) is 128 cm³/mol. The Balaban J connectivity index is 1.32. The van der Waals surface area contributed by atoms with Crippen LogP contribution in [-0.4, -0.2) is 66.4 Å². The van der Waals surface area contributed by atoms with Gasteiger partial charge in [0.05, 0.1) is 22.8 Å². The van der Waals surface area contributed by atoms with Crippen molar-refractivity contribution in [2.75, 3.05) is 26.2 Å². The molecule has 3 heterocycles. The second kappa shape index (κ2) is 9.76. The summed E-state index contributed by atoms with van der Waals surface area (Å²) in [6, 6.07) is 10.1. The van der Waals surface area contributed by atoms with Crippen molar-refractivity contribution in [3.63, 3.8) is 0 Å². The number of aryl methyl sites for hydroxylation is 3. The van der Waals surface area contributed by atoms with Gasteiger partial charge >= 0.3 is 5.69 Å². The molecule has 180 valence electrons. The van der Waals surface area contributed by atoms with Crippen LogP contribution in [0.1, 0.15) is 34.8 Å². The van der Waals surface area contributed by atoms with E-state index in [-0.39, 0.29) is 18.0 Å². The van der Waals surface area contributed by atoms with Crippen molar-refractivity contribution in [3.05, 3.63) is 68.8 Å². The van der Waals surface area contributed by atoms with E-state index in [4.69, 9.17) is 5.10 Å². The minimum Gasteiger partial charge on any atom is -0.340 e. The molecule has 0 aliphatic carbocycles. The van der Waals surface area contributed by atoms with E-state index in [1.165, 1.54) is 5.56 Å². The monoisotopic (exact) mass is 465 g/mol. The van der Waals surface area contributed by atoms with Crippen LogP contribution < -0.4 is 0 Å². The van der Waals surface area contributed by atoms with Gasteiger partial charge in [-0.1, -0.05) is 18.2 Å². The van der Waals surface area contributed by atoms with Gasteiger partial charge in [0.15, 0.2) is 0 Å². The first kappa shape index (κ1) is 23.6. The zero-order valence-electron chi connectivity index (χ0n) is 20.2. The third-order valence-corrected chi connectivity index (χ3v) is 6.61. The fourth-order valence-electron chi connectivity index (χ4n) is 4.63. The second-order valence-electron chi connectivity index (χ2n) is 8.80. The fourth-order valence-corrected chi connectivity index (χ4v) is 4.63. The molecule has 1 aromatic carbocycles. The van der Waals surface area contributed by atoms with E-state index in [0.29, 0.717) is 31.0 Å². The van der Waals surface area contributed by atoms with E-state index in [2.05, 4.69) is 29.1 Å². The molecule has 4 rings (SSSR count). The van der Waals surface area contributed by atoms with Crippen LogP contribution in [0.25, 0.3) is 5.69 Å². The lowest BCUT2D eigenvalue weighted by atomic mass is 10.1. The molecular formula is C24H31N7O3. The summed E-state index contributed by atoms with van der Waals surface area (Å²) in [6.45, 7) is 11.5. The van der Waals surface area contributed by atoms with Gasteiger partial charge < -0.3 is 4.90 Å². The molecule has 0 unspecified atom stereocenters. The fraction of sp³-hybridized carbons (Fsp3) is 0.458. The summed E-state index contributed by atoms with van der Waals surface area (Å²) in [5, 5.41) is 20.2. The highest BCUT2D eigenvalue weighted by atomic mass is 16.6. The van der Waals surface area contributed by atoms with Crippen LogP contribution in [0, 0.1) is 37.8 Å². The molecule has 1 amide bonds. The average molecular weight is 466 g/mol. The number of hydrogen-bond donors (Lipinski definition) is 0. The van der Waals surface area contributed by atoms with Gasteiger partial charge in [-0.05, 0) is 39.8 Å². The number of carbonyl (C=O) groups excluding carboxylic acids is 1. The summed E-state index contributed by atoms with van der Waals surface area (Å²) in [5.41, 5.74) is 5.35. The number of hydrogen-bond acceptors (Lipinski definition) is 6. The van der Waals surface area contributed by atoms with Crippen molar-refractivity contribution in [2.45, 2.75) is 47.2 Å². The Morgan fingerprint density at radius 1 is 0.971 bits per heavy atom. The molecule has 1 fully saturated rings. The number of para-hydroxylation sites is 1. The highest BCUT2D eigenvalue weighted by Crippen LogP contribution is 2.23. The summed E-state index contributed by atoms with van der Waals surface area (Å²) in [5.74, 6) is 0.0547.